The molecule has 1 fully saturated rings. The topological polar surface area (TPSA) is 79.0 Å². The van der Waals surface area contributed by atoms with Crippen molar-refractivity contribution < 1.29 is 9.53 Å². The van der Waals surface area contributed by atoms with Gasteiger partial charge in [0.25, 0.3) is 0 Å². The number of hydrogen-bond donors (Lipinski definition) is 3. The first-order valence-electron chi connectivity index (χ1n) is 7.19. The lowest BCUT2D eigenvalue weighted by molar-refractivity contribution is 0.0488. The summed E-state index contributed by atoms with van der Waals surface area (Å²) in [4.78, 5) is 11.9. The SMILES string of the molecule is CC(C)(C)OC(=O)N[C@H]1CCCC[C@H]1Nc1ccn[nH]1. The first-order valence-corrected chi connectivity index (χ1v) is 7.19. The van der Waals surface area contributed by atoms with Crippen molar-refractivity contribution in [3.8, 4) is 0 Å². The maximum Gasteiger partial charge on any atom is 0.407 e. The minimum atomic E-state index is -0.467. The smallest absolute Gasteiger partial charge is 0.407 e. The summed E-state index contributed by atoms with van der Waals surface area (Å²) in [6.07, 6.45) is 5.65. The summed E-state index contributed by atoms with van der Waals surface area (Å²) >= 11 is 0. The Morgan fingerprint density at radius 1 is 1.35 bits per heavy atom. The third-order valence-corrected chi connectivity index (χ3v) is 3.31. The molecular formula is C14H24N4O2. The van der Waals surface area contributed by atoms with Crippen LogP contribution in [0.4, 0.5) is 10.6 Å². The Hall–Kier alpha value is -1.72. The van der Waals surface area contributed by atoms with E-state index in [4.69, 9.17) is 4.74 Å². The van der Waals surface area contributed by atoms with Gasteiger partial charge in [-0.05, 0) is 39.7 Å². The second-order valence-corrected chi connectivity index (χ2v) is 6.26. The van der Waals surface area contributed by atoms with Crippen LogP contribution in [0.3, 0.4) is 0 Å². The van der Waals surface area contributed by atoms with Gasteiger partial charge in [0.15, 0.2) is 0 Å². The van der Waals surface area contributed by atoms with Gasteiger partial charge in [0.05, 0.1) is 12.2 Å². The molecule has 0 bridgehead atoms. The van der Waals surface area contributed by atoms with E-state index in [2.05, 4.69) is 20.8 Å². The van der Waals surface area contributed by atoms with Crippen LogP contribution in [0.2, 0.25) is 0 Å². The fourth-order valence-corrected chi connectivity index (χ4v) is 2.47. The van der Waals surface area contributed by atoms with Crippen molar-refractivity contribution in [1.29, 1.82) is 0 Å². The molecule has 112 valence electrons. The summed E-state index contributed by atoms with van der Waals surface area (Å²) in [5.74, 6) is 0.882. The van der Waals surface area contributed by atoms with Crippen LogP contribution in [0, 0.1) is 0 Å². The minimum Gasteiger partial charge on any atom is -0.444 e. The van der Waals surface area contributed by atoms with Gasteiger partial charge >= 0.3 is 6.09 Å². The molecule has 0 aromatic carbocycles. The first-order chi connectivity index (χ1) is 9.44. The van der Waals surface area contributed by atoms with E-state index in [1.54, 1.807) is 6.20 Å². The number of anilines is 1. The summed E-state index contributed by atoms with van der Waals surface area (Å²) in [5.41, 5.74) is -0.467. The van der Waals surface area contributed by atoms with Crippen molar-refractivity contribution >= 4 is 11.9 Å². The molecule has 2 atom stereocenters. The van der Waals surface area contributed by atoms with Crippen LogP contribution in [0.1, 0.15) is 46.5 Å². The quantitative estimate of drug-likeness (QED) is 0.795. The van der Waals surface area contributed by atoms with E-state index < -0.39 is 5.60 Å². The van der Waals surface area contributed by atoms with Gasteiger partial charge in [-0.3, -0.25) is 5.10 Å². The first kappa shape index (κ1) is 14.7. The zero-order valence-corrected chi connectivity index (χ0v) is 12.4. The lowest BCUT2D eigenvalue weighted by atomic mass is 9.90. The van der Waals surface area contributed by atoms with Gasteiger partial charge in [0.2, 0.25) is 0 Å². The highest BCUT2D eigenvalue weighted by Gasteiger charge is 2.28. The number of ether oxygens (including phenoxy) is 1. The number of carbonyl (C=O) groups is 1. The van der Waals surface area contributed by atoms with E-state index in [-0.39, 0.29) is 18.2 Å². The molecule has 3 N–H and O–H groups in total. The highest BCUT2D eigenvalue weighted by molar-refractivity contribution is 5.68. The molecule has 2 rings (SSSR count). The highest BCUT2D eigenvalue weighted by atomic mass is 16.6. The van der Waals surface area contributed by atoms with Crippen molar-refractivity contribution in [3.63, 3.8) is 0 Å². The predicted octanol–water partition coefficient (Wildman–Crippen LogP) is 2.66. The van der Waals surface area contributed by atoms with E-state index in [0.29, 0.717) is 0 Å². The largest absolute Gasteiger partial charge is 0.444 e. The van der Waals surface area contributed by atoms with E-state index in [1.165, 1.54) is 0 Å². The molecule has 1 saturated carbocycles. The molecule has 1 amide bonds. The maximum absolute atomic E-state index is 11.9. The van der Waals surface area contributed by atoms with Crippen molar-refractivity contribution in [2.24, 2.45) is 0 Å². The highest BCUT2D eigenvalue weighted by Crippen LogP contribution is 2.22. The molecule has 20 heavy (non-hydrogen) atoms. The molecule has 0 spiro atoms. The molecule has 0 unspecified atom stereocenters. The fourth-order valence-electron chi connectivity index (χ4n) is 2.47. The molecule has 1 aliphatic carbocycles. The average molecular weight is 280 g/mol. The minimum absolute atomic E-state index is 0.0851. The zero-order valence-electron chi connectivity index (χ0n) is 12.4. The number of alkyl carbamates (subject to hydrolysis) is 1. The van der Waals surface area contributed by atoms with E-state index in [9.17, 15) is 4.79 Å². The summed E-state index contributed by atoms with van der Waals surface area (Å²) < 4.78 is 5.33. The number of aromatic amines is 1. The molecule has 0 aliphatic heterocycles. The fraction of sp³-hybridized carbons (Fsp3) is 0.714. The third-order valence-electron chi connectivity index (χ3n) is 3.31. The summed E-state index contributed by atoms with van der Waals surface area (Å²) in [7, 11) is 0. The van der Waals surface area contributed by atoms with Gasteiger partial charge in [-0.2, -0.15) is 5.10 Å². The predicted molar refractivity (Wildman–Crippen MR) is 77.6 cm³/mol. The van der Waals surface area contributed by atoms with Gasteiger partial charge in [-0.15, -0.1) is 0 Å². The standard InChI is InChI=1S/C14H24N4O2/c1-14(2,3)20-13(19)17-11-7-5-4-6-10(11)16-12-8-9-15-18-12/h8-11H,4-7H2,1-3H3,(H,17,19)(H2,15,16,18)/t10-,11+/m1/s1. The molecule has 6 heteroatoms. The summed E-state index contributed by atoms with van der Waals surface area (Å²) in [6, 6.07) is 2.18. The molecule has 1 heterocycles. The van der Waals surface area contributed by atoms with Gasteiger partial charge < -0.3 is 15.4 Å². The van der Waals surface area contributed by atoms with Gasteiger partial charge in [-0.25, -0.2) is 4.79 Å². The van der Waals surface area contributed by atoms with Crippen molar-refractivity contribution in [3.05, 3.63) is 12.3 Å². The van der Waals surface area contributed by atoms with Crippen LogP contribution in [-0.4, -0.2) is 34.0 Å². The average Bonchev–Trinajstić information content (AvgIpc) is 2.82. The lowest BCUT2D eigenvalue weighted by Gasteiger charge is -2.33. The molecule has 6 nitrogen and oxygen atoms in total. The zero-order chi connectivity index (χ0) is 14.6. The number of H-pyrrole nitrogens is 1. The molecule has 1 aliphatic rings. The Kier molecular flexibility index (Phi) is 4.52. The monoisotopic (exact) mass is 280 g/mol. The van der Waals surface area contributed by atoms with Gasteiger partial charge in [0, 0.05) is 6.04 Å². The van der Waals surface area contributed by atoms with Crippen molar-refractivity contribution in [1.82, 2.24) is 15.5 Å². The second-order valence-electron chi connectivity index (χ2n) is 6.26. The van der Waals surface area contributed by atoms with Crippen LogP contribution >= 0.6 is 0 Å². The van der Waals surface area contributed by atoms with Crippen LogP contribution in [0.5, 0.6) is 0 Å². The van der Waals surface area contributed by atoms with Crippen LogP contribution < -0.4 is 10.6 Å². The Labute approximate surface area is 119 Å². The summed E-state index contributed by atoms with van der Waals surface area (Å²) in [5, 5.41) is 13.2. The number of hydrogen-bond acceptors (Lipinski definition) is 4. The number of nitrogens with one attached hydrogen (secondary N) is 3. The van der Waals surface area contributed by atoms with Gasteiger partial charge in [0.1, 0.15) is 11.4 Å². The Morgan fingerprint density at radius 3 is 2.65 bits per heavy atom. The van der Waals surface area contributed by atoms with Crippen molar-refractivity contribution in [2.45, 2.75) is 64.1 Å². The van der Waals surface area contributed by atoms with E-state index in [0.717, 1.165) is 31.5 Å². The molecule has 0 radical (unpaired) electrons. The van der Waals surface area contributed by atoms with Crippen LogP contribution in [0.15, 0.2) is 12.3 Å². The number of nitrogens with zero attached hydrogens (tertiary/aromatic N) is 1. The Bertz CT molecular complexity index is 425. The van der Waals surface area contributed by atoms with Gasteiger partial charge in [-0.1, -0.05) is 12.8 Å². The number of aromatic nitrogens is 2. The van der Waals surface area contributed by atoms with E-state index in [1.807, 2.05) is 26.8 Å². The van der Waals surface area contributed by atoms with Crippen molar-refractivity contribution in [2.75, 3.05) is 5.32 Å². The molecular weight excluding hydrogens is 256 g/mol. The Morgan fingerprint density at radius 2 is 2.05 bits per heavy atom. The van der Waals surface area contributed by atoms with Crippen LogP contribution in [0.25, 0.3) is 0 Å². The molecule has 1 aromatic rings. The third kappa shape index (κ3) is 4.43. The number of carbonyl (C=O) groups excluding carboxylic acids is 1. The summed E-state index contributed by atoms with van der Waals surface area (Å²) in [6.45, 7) is 5.61. The van der Waals surface area contributed by atoms with E-state index >= 15 is 0 Å². The number of rotatable bonds is 3. The Balaban J connectivity index is 1.91. The second kappa shape index (κ2) is 6.15. The molecule has 0 saturated heterocycles. The maximum atomic E-state index is 11.9. The normalized spacial score (nSPS) is 23.1. The lowest BCUT2D eigenvalue weighted by Crippen LogP contribution is -2.49. The van der Waals surface area contributed by atoms with Crippen LogP contribution in [-0.2, 0) is 4.74 Å². The molecule has 1 aromatic heterocycles. The number of amides is 1.